The van der Waals surface area contributed by atoms with Gasteiger partial charge in [-0.05, 0) is 43.5 Å². The van der Waals surface area contributed by atoms with Crippen LogP contribution in [0.2, 0.25) is 0 Å². The molecule has 0 saturated carbocycles. The van der Waals surface area contributed by atoms with Gasteiger partial charge in [-0.1, -0.05) is 18.2 Å². The third kappa shape index (κ3) is 3.98. The zero-order chi connectivity index (χ0) is 16.8. The lowest BCUT2D eigenvalue weighted by Gasteiger charge is -2.08. The number of para-hydroxylation sites is 2. The zero-order valence-electron chi connectivity index (χ0n) is 13.9. The summed E-state index contributed by atoms with van der Waals surface area (Å²) in [5.41, 5.74) is 3.27. The summed E-state index contributed by atoms with van der Waals surface area (Å²) in [6.07, 6.45) is 5.66. The van der Waals surface area contributed by atoms with E-state index in [0.717, 1.165) is 41.8 Å². The molecule has 0 bridgehead atoms. The van der Waals surface area contributed by atoms with Gasteiger partial charge in [0.2, 0.25) is 5.91 Å². The van der Waals surface area contributed by atoms with Gasteiger partial charge in [0.05, 0.1) is 11.0 Å². The molecule has 24 heavy (non-hydrogen) atoms. The van der Waals surface area contributed by atoms with Crippen molar-refractivity contribution < 1.29 is 4.79 Å². The zero-order valence-corrected chi connectivity index (χ0v) is 13.9. The highest BCUT2D eigenvalue weighted by molar-refractivity contribution is 5.76. The highest BCUT2D eigenvalue weighted by Crippen LogP contribution is 2.15. The Morgan fingerprint density at radius 2 is 2.08 bits per heavy atom. The quantitative estimate of drug-likeness (QED) is 0.680. The first-order valence-electron chi connectivity index (χ1n) is 8.31. The maximum absolute atomic E-state index is 11.9. The molecule has 0 fully saturated rings. The van der Waals surface area contributed by atoms with Crippen LogP contribution in [0.15, 0.2) is 48.8 Å². The highest BCUT2D eigenvalue weighted by atomic mass is 16.1. The number of pyridine rings is 1. The number of aromatic nitrogens is 3. The predicted molar refractivity (Wildman–Crippen MR) is 94.7 cm³/mol. The van der Waals surface area contributed by atoms with Gasteiger partial charge in [0.1, 0.15) is 5.82 Å². The Labute approximate surface area is 141 Å². The maximum atomic E-state index is 11.9. The second kappa shape index (κ2) is 7.73. The van der Waals surface area contributed by atoms with Crippen LogP contribution in [0.5, 0.6) is 0 Å². The average molecular weight is 322 g/mol. The molecule has 1 N–H and O–H groups in total. The van der Waals surface area contributed by atoms with Gasteiger partial charge in [-0.2, -0.15) is 0 Å². The third-order valence-corrected chi connectivity index (χ3v) is 4.09. The molecular weight excluding hydrogens is 300 g/mol. The number of benzene rings is 1. The number of rotatable bonds is 7. The number of carbonyl (C=O) groups excluding carboxylic acids is 1. The predicted octanol–water partition coefficient (Wildman–Crippen LogP) is 2.88. The number of fused-ring (bicyclic) bond motifs is 1. The molecule has 5 heteroatoms. The van der Waals surface area contributed by atoms with E-state index in [-0.39, 0.29) is 5.91 Å². The van der Waals surface area contributed by atoms with Crippen LogP contribution in [-0.4, -0.2) is 27.0 Å². The number of nitrogens with zero attached hydrogens (tertiary/aromatic N) is 3. The lowest BCUT2D eigenvalue weighted by atomic mass is 10.1. The van der Waals surface area contributed by atoms with Gasteiger partial charge >= 0.3 is 0 Å². The first-order chi connectivity index (χ1) is 11.7. The van der Waals surface area contributed by atoms with Crippen molar-refractivity contribution in [1.82, 2.24) is 19.9 Å². The van der Waals surface area contributed by atoms with E-state index in [9.17, 15) is 4.79 Å². The van der Waals surface area contributed by atoms with Crippen molar-refractivity contribution in [3.05, 3.63) is 60.2 Å². The molecule has 0 saturated heterocycles. The topological polar surface area (TPSA) is 59.8 Å². The number of hydrogen-bond donors (Lipinski definition) is 1. The first-order valence-corrected chi connectivity index (χ1v) is 8.31. The fourth-order valence-corrected chi connectivity index (χ4v) is 2.84. The van der Waals surface area contributed by atoms with Gasteiger partial charge in [-0.15, -0.1) is 0 Å². The van der Waals surface area contributed by atoms with E-state index in [2.05, 4.69) is 25.9 Å². The Morgan fingerprint density at radius 3 is 2.92 bits per heavy atom. The summed E-state index contributed by atoms with van der Waals surface area (Å²) in [6.45, 7) is 3.56. The minimum atomic E-state index is 0.0889. The van der Waals surface area contributed by atoms with Crippen molar-refractivity contribution in [1.29, 1.82) is 0 Å². The molecule has 3 aromatic rings. The summed E-state index contributed by atoms with van der Waals surface area (Å²) in [4.78, 5) is 20.5. The third-order valence-electron chi connectivity index (χ3n) is 4.09. The fraction of sp³-hybridized carbons (Fsp3) is 0.316. The van der Waals surface area contributed by atoms with Crippen LogP contribution in [0.4, 0.5) is 0 Å². The van der Waals surface area contributed by atoms with Gasteiger partial charge in [-0.25, -0.2) is 4.98 Å². The van der Waals surface area contributed by atoms with Crippen LogP contribution in [0.3, 0.4) is 0 Å². The minimum Gasteiger partial charge on any atom is -0.356 e. The summed E-state index contributed by atoms with van der Waals surface area (Å²) in [6, 6.07) is 12.0. The molecule has 2 heterocycles. The maximum Gasteiger partial charge on any atom is 0.220 e. The molecule has 0 spiro atoms. The van der Waals surface area contributed by atoms with Crippen LogP contribution >= 0.6 is 0 Å². The Kier molecular flexibility index (Phi) is 5.21. The largest absolute Gasteiger partial charge is 0.356 e. The Hall–Kier alpha value is -2.69. The monoisotopic (exact) mass is 322 g/mol. The number of imidazole rings is 1. The van der Waals surface area contributed by atoms with Crippen LogP contribution in [0, 0.1) is 6.92 Å². The average Bonchev–Trinajstić information content (AvgIpc) is 2.93. The standard InChI is InChI=1S/C19H22N4O/c1-15-22-17-7-2-3-8-18(17)23(15)13-5-12-21-19(24)10-9-16-6-4-11-20-14-16/h2-4,6-8,11,14H,5,9-10,12-13H2,1H3,(H,21,24). The van der Waals surface area contributed by atoms with Crippen molar-refractivity contribution in [2.75, 3.05) is 6.54 Å². The van der Waals surface area contributed by atoms with E-state index in [1.807, 2.05) is 37.3 Å². The number of nitrogens with one attached hydrogen (secondary N) is 1. The van der Waals surface area contributed by atoms with Gasteiger partial charge in [0.15, 0.2) is 0 Å². The molecule has 0 aliphatic rings. The molecule has 2 aromatic heterocycles. The highest BCUT2D eigenvalue weighted by Gasteiger charge is 2.06. The van der Waals surface area contributed by atoms with E-state index in [1.165, 1.54) is 0 Å². The number of hydrogen-bond acceptors (Lipinski definition) is 3. The Balaban J connectivity index is 1.43. The summed E-state index contributed by atoms with van der Waals surface area (Å²) in [7, 11) is 0. The molecule has 5 nitrogen and oxygen atoms in total. The summed E-state index contributed by atoms with van der Waals surface area (Å²) < 4.78 is 2.21. The van der Waals surface area contributed by atoms with Gasteiger partial charge < -0.3 is 9.88 Å². The van der Waals surface area contributed by atoms with Crippen LogP contribution in [-0.2, 0) is 17.8 Å². The van der Waals surface area contributed by atoms with E-state index in [0.29, 0.717) is 13.0 Å². The second-order valence-corrected chi connectivity index (χ2v) is 5.86. The number of aryl methyl sites for hydroxylation is 3. The van der Waals surface area contributed by atoms with Gasteiger partial charge in [0, 0.05) is 31.9 Å². The van der Waals surface area contributed by atoms with Crippen molar-refractivity contribution in [3.8, 4) is 0 Å². The van der Waals surface area contributed by atoms with E-state index >= 15 is 0 Å². The van der Waals surface area contributed by atoms with Crippen LogP contribution in [0.25, 0.3) is 11.0 Å². The molecule has 1 amide bonds. The summed E-state index contributed by atoms with van der Waals surface area (Å²) in [5, 5.41) is 2.99. The Bertz CT molecular complexity index is 811. The van der Waals surface area contributed by atoms with Crippen molar-refractivity contribution in [3.63, 3.8) is 0 Å². The molecule has 0 atom stereocenters. The lowest BCUT2D eigenvalue weighted by Crippen LogP contribution is -2.25. The molecule has 0 unspecified atom stereocenters. The number of amides is 1. The van der Waals surface area contributed by atoms with E-state index < -0.39 is 0 Å². The summed E-state index contributed by atoms with van der Waals surface area (Å²) in [5.74, 6) is 1.10. The molecule has 0 aliphatic heterocycles. The number of carbonyl (C=O) groups is 1. The normalized spacial score (nSPS) is 10.9. The second-order valence-electron chi connectivity index (χ2n) is 5.86. The molecular formula is C19H22N4O. The SMILES string of the molecule is Cc1nc2ccccc2n1CCCNC(=O)CCc1cccnc1. The molecule has 124 valence electrons. The lowest BCUT2D eigenvalue weighted by molar-refractivity contribution is -0.121. The van der Waals surface area contributed by atoms with E-state index in [4.69, 9.17) is 0 Å². The molecule has 3 rings (SSSR count). The van der Waals surface area contributed by atoms with Crippen LogP contribution in [0.1, 0.15) is 24.2 Å². The van der Waals surface area contributed by atoms with Crippen LogP contribution < -0.4 is 5.32 Å². The Morgan fingerprint density at radius 1 is 1.21 bits per heavy atom. The molecule has 0 radical (unpaired) electrons. The first kappa shape index (κ1) is 16.2. The van der Waals surface area contributed by atoms with Crippen molar-refractivity contribution >= 4 is 16.9 Å². The van der Waals surface area contributed by atoms with Crippen molar-refractivity contribution in [2.45, 2.75) is 32.7 Å². The smallest absolute Gasteiger partial charge is 0.220 e. The van der Waals surface area contributed by atoms with Crippen molar-refractivity contribution in [2.24, 2.45) is 0 Å². The minimum absolute atomic E-state index is 0.0889. The van der Waals surface area contributed by atoms with Gasteiger partial charge in [-0.3, -0.25) is 9.78 Å². The van der Waals surface area contributed by atoms with Gasteiger partial charge in [0.25, 0.3) is 0 Å². The summed E-state index contributed by atoms with van der Waals surface area (Å²) >= 11 is 0. The molecule has 0 aliphatic carbocycles. The van der Waals surface area contributed by atoms with E-state index in [1.54, 1.807) is 12.4 Å². The fourth-order valence-electron chi connectivity index (χ4n) is 2.84. The molecule has 1 aromatic carbocycles.